The van der Waals surface area contributed by atoms with Gasteiger partial charge < -0.3 is 15.2 Å². The standard InChI is InChI=1S/C11H15NO3S/c13-10(14)11(7-15-8-11)6-12-4-3-9-2-1-5-16-9/h1-2,5,12H,3-4,6-8H2,(H,13,14). The van der Waals surface area contributed by atoms with E-state index in [9.17, 15) is 4.79 Å². The molecule has 1 saturated heterocycles. The van der Waals surface area contributed by atoms with Gasteiger partial charge in [-0.2, -0.15) is 0 Å². The van der Waals surface area contributed by atoms with Crippen molar-refractivity contribution >= 4 is 17.3 Å². The third-order valence-electron chi connectivity index (χ3n) is 2.80. The van der Waals surface area contributed by atoms with Crippen LogP contribution in [-0.4, -0.2) is 37.4 Å². The van der Waals surface area contributed by atoms with E-state index in [4.69, 9.17) is 9.84 Å². The zero-order chi connectivity index (χ0) is 11.4. The van der Waals surface area contributed by atoms with Gasteiger partial charge in [-0.15, -0.1) is 11.3 Å². The first kappa shape index (κ1) is 11.6. The van der Waals surface area contributed by atoms with E-state index in [0.29, 0.717) is 19.8 Å². The molecule has 0 atom stereocenters. The van der Waals surface area contributed by atoms with E-state index in [1.165, 1.54) is 4.88 Å². The summed E-state index contributed by atoms with van der Waals surface area (Å²) < 4.78 is 4.98. The van der Waals surface area contributed by atoms with Crippen molar-refractivity contribution in [2.24, 2.45) is 5.41 Å². The normalized spacial score (nSPS) is 18.0. The molecule has 2 N–H and O–H groups in total. The van der Waals surface area contributed by atoms with E-state index >= 15 is 0 Å². The second kappa shape index (κ2) is 4.95. The van der Waals surface area contributed by atoms with E-state index in [2.05, 4.69) is 11.4 Å². The highest BCUT2D eigenvalue weighted by atomic mass is 32.1. The lowest BCUT2D eigenvalue weighted by atomic mass is 9.86. The van der Waals surface area contributed by atoms with Crippen molar-refractivity contribution < 1.29 is 14.6 Å². The van der Waals surface area contributed by atoms with Crippen LogP contribution >= 0.6 is 11.3 Å². The van der Waals surface area contributed by atoms with Crippen molar-refractivity contribution in [3.05, 3.63) is 22.4 Å². The van der Waals surface area contributed by atoms with Crippen LogP contribution in [-0.2, 0) is 16.0 Å². The highest BCUT2D eigenvalue weighted by Crippen LogP contribution is 2.26. The summed E-state index contributed by atoms with van der Waals surface area (Å²) in [5.41, 5.74) is -0.685. The third kappa shape index (κ3) is 2.42. The first-order valence-electron chi connectivity index (χ1n) is 5.27. The number of carboxylic acid groups (broad SMARTS) is 1. The number of hydrogen-bond donors (Lipinski definition) is 2. The predicted molar refractivity (Wildman–Crippen MR) is 61.8 cm³/mol. The first-order chi connectivity index (χ1) is 7.73. The minimum atomic E-state index is -0.762. The minimum absolute atomic E-state index is 0.328. The molecule has 5 heteroatoms. The molecule has 1 fully saturated rings. The number of nitrogens with one attached hydrogen (secondary N) is 1. The summed E-state index contributed by atoms with van der Waals surface area (Å²) in [5, 5.41) is 14.3. The molecule has 0 amide bonds. The van der Waals surface area contributed by atoms with E-state index in [-0.39, 0.29) is 0 Å². The number of ether oxygens (including phenoxy) is 1. The van der Waals surface area contributed by atoms with Crippen molar-refractivity contribution in [2.75, 3.05) is 26.3 Å². The second-order valence-electron chi connectivity index (χ2n) is 4.08. The van der Waals surface area contributed by atoms with E-state index in [0.717, 1.165) is 13.0 Å². The molecule has 16 heavy (non-hydrogen) atoms. The molecule has 1 aliphatic rings. The van der Waals surface area contributed by atoms with E-state index in [1.54, 1.807) is 11.3 Å². The summed E-state index contributed by atoms with van der Waals surface area (Å²) in [7, 11) is 0. The number of thiophene rings is 1. The predicted octanol–water partition coefficient (Wildman–Crippen LogP) is 0.981. The quantitative estimate of drug-likeness (QED) is 0.729. The Bertz CT molecular complexity index is 346. The Hall–Kier alpha value is -0.910. The molecule has 2 heterocycles. The van der Waals surface area contributed by atoms with Crippen LogP contribution in [0.4, 0.5) is 0 Å². The van der Waals surface area contributed by atoms with Gasteiger partial charge in [-0.25, -0.2) is 0 Å². The van der Waals surface area contributed by atoms with Gasteiger partial charge in [-0.1, -0.05) is 6.07 Å². The molecule has 0 radical (unpaired) electrons. The van der Waals surface area contributed by atoms with Crippen LogP contribution in [0.5, 0.6) is 0 Å². The molecular weight excluding hydrogens is 226 g/mol. The van der Waals surface area contributed by atoms with Crippen LogP contribution < -0.4 is 5.32 Å². The van der Waals surface area contributed by atoms with Crippen LogP contribution in [0.25, 0.3) is 0 Å². The molecule has 1 aromatic rings. The zero-order valence-electron chi connectivity index (χ0n) is 8.94. The Balaban J connectivity index is 1.69. The van der Waals surface area contributed by atoms with Gasteiger partial charge in [-0.3, -0.25) is 4.79 Å². The van der Waals surface area contributed by atoms with Gasteiger partial charge in [0.25, 0.3) is 0 Å². The average molecular weight is 241 g/mol. The van der Waals surface area contributed by atoms with Crippen molar-refractivity contribution in [1.29, 1.82) is 0 Å². The van der Waals surface area contributed by atoms with Crippen LogP contribution in [0.2, 0.25) is 0 Å². The summed E-state index contributed by atoms with van der Waals surface area (Å²) in [6.45, 7) is 1.96. The topological polar surface area (TPSA) is 58.6 Å². The van der Waals surface area contributed by atoms with Gasteiger partial charge >= 0.3 is 5.97 Å². The zero-order valence-corrected chi connectivity index (χ0v) is 9.76. The maximum Gasteiger partial charge on any atom is 0.315 e. The van der Waals surface area contributed by atoms with Gasteiger partial charge in [0, 0.05) is 11.4 Å². The SMILES string of the molecule is O=C(O)C1(CNCCc2cccs2)COC1. The lowest BCUT2D eigenvalue weighted by Crippen LogP contribution is -2.55. The summed E-state index contributed by atoms with van der Waals surface area (Å²) in [4.78, 5) is 12.3. The molecular formula is C11H15NO3S. The number of hydrogen-bond acceptors (Lipinski definition) is 4. The maximum atomic E-state index is 11.0. The highest BCUT2D eigenvalue weighted by molar-refractivity contribution is 7.09. The molecule has 4 nitrogen and oxygen atoms in total. The number of carbonyl (C=O) groups is 1. The highest BCUT2D eigenvalue weighted by Gasteiger charge is 2.45. The number of aliphatic carboxylic acids is 1. The summed E-state index contributed by atoms with van der Waals surface area (Å²) in [5.74, 6) is -0.762. The Kier molecular flexibility index (Phi) is 3.58. The molecule has 1 aliphatic heterocycles. The van der Waals surface area contributed by atoms with E-state index < -0.39 is 11.4 Å². The van der Waals surface area contributed by atoms with Crippen LogP contribution in [0.1, 0.15) is 4.88 Å². The van der Waals surface area contributed by atoms with Gasteiger partial charge in [0.05, 0.1) is 13.2 Å². The fourth-order valence-corrected chi connectivity index (χ4v) is 2.35. The van der Waals surface area contributed by atoms with Gasteiger partial charge in [0.15, 0.2) is 0 Å². The smallest absolute Gasteiger partial charge is 0.315 e. The lowest BCUT2D eigenvalue weighted by molar-refractivity contribution is -0.178. The number of carboxylic acids is 1. The van der Waals surface area contributed by atoms with Crippen LogP contribution in [0.15, 0.2) is 17.5 Å². The Morgan fingerprint density at radius 1 is 1.62 bits per heavy atom. The third-order valence-corrected chi connectivity index (χ3v) is 3.74. The second-order valence-corrected chi connectivity index (χ2v) is 5.12. The van der Waals surface area contributed by atoms with E-state index in [1.807, 2.05) is 11.4 Å². The summed E-state index contributed by atoms with van der Waals surface area (Å²) >= 11 is 1.73. The Labute approximate surface area is 98.2 Å². The maximum absolute atomic E-state index is 11.0. The summed E-state index contributed by atoms with van der Waals surface area (Å²) in [6.07, 6.45) is 0.953. The molecule has 2 rings (SSSR count). The molecule has 0 saturated carbocycles. The van der Waals surface area contributed by atoms with Crippen molar-refractivity contribution in [3.8, 4) is 0 Å². The molecule has 1 aromatic heterocycles. The fraction of sp³-hybridized carbons (Fsp3) is 0.545. The first-order valence-corrected chi connectivity index (χ1v) is 6.15. The van der Waals surface area contributed by atoms with Crippen LogP contribution in [0.3, 0.4) is 0 Å². The van der Waals surface area contributed by atoms with Crippen molar-refractivity contribution in [1.82, 2.24) is 5.32 Å². The van der Waals surface area contributed by atoms with Gasteiger partial charge in [0.2, 0.25) is 0 Å². The molecule has 0 spiro atoms. The summed E-state index contributed by atoms with van der Waals surface area (Å²) in [6, 6.07) is 4.12. The Morgan fingerprint density at radius 2 is 2.44 bits per heavy atom. The largest absolute Gasteiger partial charge is 0.481 e. The Morgan fingerprint density at radius 3 is 2.94 bits per heavy atom. The number of rotatable bonds is 6. The fourth-order valence-electron chi connectivity index (χ4n) is 1.64. The molecule has 0 unspecified atom stereocenters. The minimum Gasteiger partial charge on any atom is -0.481 e. The van der Waals surface area contributed by atoms with Crippen LogP contribution in [0, 0.1) is 5.41 Å². The van der Waals surface area contributed by atoms with Crippen molar-refractivity contribution in [2.45, 2.75) is 6.42 Å². The van der Waals surface area contributed by atoms with Gasteiger partial charge in [0.1, 0.15) is 5.41 Å². The lowest BCUT2D eigenvalue weighted by Gasteiger charge is -2.37. The van der Waals surface area contributed by atoms with Gasteiger partial charge in [-0.05, 0) is 24.4 Å². The molecule has 88 valence electrons. The molecule has 0 bridgehead atoms. The van der Waals surface area contributed by atoms with Crippen molar-refractivity contribution in [3.63, 3.8) is 0 Å². The molecule has 0 aliphatic carbocycles. The molecule has 0 aromatic carbocycles. The average Bonchev–Trinajstić information content (AvgIpc) is 2.67. The monoisotopic (exact) mass is 241 g/mol.